The molecule has 2 N–H and O–H groups in total. The monoisotopic (exact) mass is 332 g/mol. The normalized spacial score (nSPS) is 20.4. The van der Waals surface area contributed by atoms with E-state index in [2.05, 4.69) is 10.0 Å². The quantitative estimate of drug-likeness (QED) is 0.834. The summed E-state index contributed by atoms with van der Waals surface area (Å²) in [5, 5.41) is 3.14. The van der Waals surface area contributed by atoms with E-state index < -0.39 is 19.9 Å². The van der Waals surface area contributed by atoms with Crippen molar-refractivity contribution in [1.29, 1.82) is 0 Å². The number of sulfonamides is 1. The van der Waals surface area contributed by atoms with E-state index in [-0.39, 0.29) is 15.8 Å². The van der Waals surface area contributed by atoms with Gasteiger partial charge in [-0.1, -0.05) is 6.07 Å². The van der Waals surface area contributed by atoms with Crippen molar-refractivity contribution >= 4 is 19.9 Å². The summed E-state index contributed by atoms with van der Waals surface area (Å²) in [6, 6.07) is 4.00. The van der Waals surface area contributed by atoms with Crippen LogP contribution in [-0.2, 0) is 19.9 Å². The van der Waals surface area contributed by atoms with Gasteiger partial charge < -0.3 is 5.32 Å². The molecule has 0 amide bonds. The predicted octanol–water partition coefficient (Wildman–Crippen LogP) is 0.429. The van der Waals surface area contributed by atoms with E-state index in [0.29, 0.717) is 12.1 Å². The lowest BCUT2D eigenvalue weighted by molar-refractivity contribution is 0.428. The Balaban J connectivity index is 2.34. The highest BCUT2D eigenvalue weighted by Crippen LogP contribution is 2.21. The smallest absolute Gasteiger partial charge is 0.241 e. The zero-order chi connectivity index (χ0) is 15.7. The molecule has 0 radical (unpaired) electrons. The van der Waals surface area contributed by atoms with E-state index >= 15 is 0 Å². The topological polar surface area (TPSA) is 92.3 Å². The van der Waals surface area contributed by atoms with Crippen molar-refractivity contribution in [2.75, 3.05) is 19.3 Å². The molecule has 0 spiro atoms. The molecule has 21 heavy (non-hydrogen) atoms. The molecular weight excluding hydrogens is 312 g/mol. The van der Waals surface area contributed by atoms with Crippen LogP contribution in [0, 0.1) is 6.92 Å². The third-order valence-corrected chi connectivity index (χ3v) is 6.27. The molecule has 118 valence electrons. The Morgan fingerprint density at radius 1 is 1.24 bits per heavy atom. The summed E-state index contributed by atoms with van der Waals surface area (Å²) in [5.74, 6) is 0. The highest BCUT2D eigenvalue weighted by molar-refractivity contribution is 7.91. The standard InChI is InChI=1S/C13H20N2O4S2/c1-10-5-6-12(20(2,16)17)8-13(10)21(18,19)15-11-4-3-7-14-9-11/h5-6,8,11,14-15H,3-4,7,9H2,1-2H3. The minimum atomic E-state index is -3.73. The highest BCUT2D eigenvalue weighted by atomic mass is 32.2. The van der Waals surface area contributed by atoms with Gasteiger partial charge in [0.05, 0.1) is 9.79 Å². The summed E-state index contributed by atoms with van der Waals surface area (Å²) in [7, 11) is -7.17. The molecule has 0 bridgehead atoms. The number of hydrogen-bond acceptors (Lipinski definition) is 5. The summed E-state index contributed by atoms with van der Waals surface area (Å²) in [6.07, 6.45) is 2.75. The zero-order valence-electron chi connectivity index (χ0n) is 12.1. The number of piperidine rings is 1. The number of aryl methyl sites for hydroxylation is 1. The van der Waals surface area contributed by atoms with Crippen LogP contribution in [0.2, 0.25) is 0 Å². The number of nitrogens with one attached hydrogen (secondary N) is 2. The minimum absolute atomic E-state index is 0.00949. The summed E-state index contributed by atoms with van der Waals surface area (Å²) < 4.78 is 50.8. The van der Waals surface area contributed by atoms with E-state index in [4.69, 9.17) is 0 Å². The number of hydrogen-bond donors (Lipinski definition) is 2. The first kappa shape index (κ1) is 16.4. The van der Waals surface area contributed by atoms with Gasteiger partial charge in [0.2, 0.25) is 10.0 Å². The molecule has 8 heteroatoms. The second-order valence-corrected chi connectivity index (χ2v) is 9.06. The molecule has 1 aromatic carbocycles. The molecule has 0 aliphatic carbocycles. The van der Waals surface area contributed by atoms with Gasteiger partial charge in [-0.15, -0.1) is 0 Å². The first-order chi connectivity index (χ1) is 9.70. The van der Waals surface area contributed by atoms with Gasteiger partial charge in [0.25, 0.3) is 0 Å². The highest BCUT2D eigenvalue weighted by Gasteiger charge is 2.24. The third-order valence-electron chi connectivity index (χ3n) is 3.50. The molecule has 1 heterocycles. The second-order valence-electron chi connectivity index (χ2n) is 5.36. The van der Waals surface area contributed by atoms with E-state index in [1.54, 1.807) is 6.92 Å². The van der Waals surface area contributed by atoms with Gasteiger partial charge >= 0.3 is 0 Å². The maximum atomic E-state index is 12.5. The Morgan fingerprint density at radius 2 is 1.95 bits per heavy atom. The molecule has 1 saturated heterocycles. The van der Waals surface area contributed by atoms with Crippen molar-refractivity contribution in [3.8, 4) is 0 Å². The molecule has 1 aromatic rings. The fourth-order valence-electron chi connectivity index (χ4n) is 2.34. The predicted molar refractivity (Wildman–Crippen MR) is 80.5 cm³/mol. The molecule has 0 aromatic heterocycles. The Hall–Kier alpha value is -0.960. The van der Waals surface area contributed by atoms with Gasteiger partial charge in [-0.3, -0.25) is 0 Å². The van der Waals surface area contributed by atoms with Gasteiger partial charge in [0.1, 0.15) is 0 Å². The van der Waals surface area contributed by atoms with Crippen LogP contribution < -0.4 is 10.0 Å². The summed E-state index contributed by atoms with van der Waals surface area (Å²) in [5.41, 5.74) is 0.527. The largest absolute Gasteiger partial charge is 0.315 e. The lowest BCUT2D eigenvalue weighted by Gasteiger charge is -2.24. The zero-order valence-corrected chi connectivity index (χ0v) is 13.7. The van der Waals surface area contributed by atoms with E-state index in [0.717, 1.165) is 25.6 Å². The number of benzene rings is 1. The van der Waals surface area contributed by atoms with Crippen LogP contribution in [0.1, 0.15) is 18.4 Å². The molecular formula is C13H20N2O4S2. The van der Waals surface area contributed by atoms with E-state index in [1.165, 1.54) is 18.2 Å². The molecule has 1 fully saturated rings. The second kappa shape index (κ2) is 6.04. The Bertz CT molecular complexity index is 721. The van der Waals surface area contributed by atoms with Crippen LogP contribution in [0.3, 0.4) is 0 Å². The number of sulfone groups is 1. The molecule has 1 atom stereocenters. The van der Waals surface area contributed by atoms with Crippen LogP contribution in [-0.4, -0.2) is 42.2 Å². The van der Waals surface area contributed by atoms with Crippen molar-refractivity contribution in [3.63, 3.8) is 0 Å². The van der Waals surface area contributed by atoms with Gasteiger partial charge in [0, 0.05) is 18.8 Å². The van der Waals surface area contributed by atoms with Crippen LogP contribution in [0.15, 0.2) is 28.0 Å². The van der Waals surface area contributed by atoms with Crippen molar-refractivity contribution in [3.05, 3.63) is 23.8 Å². The van der Waals surface area contributed by atoms with Crippen LogP contribution >= 0.6 is 0 Å². The molecule has 2 rings (SSSR count). The van der Waals surface area contributed by atoms with Crippen molar-refractivity contribution in [1.82, 2.24) is 10.0 Å². The molecule has 1 unspecified atom stereocenters. The average molecular weight is 332 g/mol. The van der Waals surface area contributed by atoms with E-state index in [1.807, 2.05) is 0 Å². The Kier molecular flexibility index (Phi) is 4.72. The summed E-state index contributed by atoms with van der Waals surface area (Å²) >= 11 is 0. The van der Waals surface area contributed by atoms with Gasteiger partial charge in [0.15, 0.2) is 9.84 Å². The maximum absolute atomic E-state index is 12.5. The maximum Gasteiger partial charge on any atom is 0.241 e. The number of rotatable bonds is 4. The Morgan fingerprint density at radius 3 is 2.52 bits per heavy atom. The summed E-state index contributed by atoms with van der Waals surface area (Å²) in [6.45, 7) is 3.13. The first-order valence-electron chi connectivity index (χ1n) is 6.74. The van der Waals surface area contributed by atoms with Gasteiger partial charge in [-0.05, 0) is 44.0 Å². The van der Waals surface area contributed by atoms with Crippen LogP contribution in [0.4, 0.5) is 0 Å². The van der Waals surface area contributed by atoms with Crippen LogP contribution in [0.25, 0.3) is 0 Å². The SMILES string of the molecule is Cc1ccc(S(C)(=O)=O)cc1S(=O)(=O)NC1CCCNC1. The van der Waals surface area contributed by atoms with Crippen molar-refractivity contribution < 1.29 is 16.8 Å². The van der Waals surface area contributed by atoms with Gasteiger partial charge in [-0.2, -0.15) is 0 Å². The molecule has 0 saturated carbocycles. The molecule has 1 aliphatic heterocycles. The summed E-state index contributed by atoms with van der Waals surface area (Å²) in [4.78, 5) is 0.0336. The van der Waals surface area contributed by atoms with Crippen LogP contribution in [0.5, 0.6) is 0 Å². The fraction of sp³-hybridized carbons (Fsp3) is 0.538. The minimum Gasteiger partial charge on any atom is -0.315 e. The lowest BCUT2D eigenvalue weighted by atomic mass is 10.1. The lowest BCUT2D eigenvalue weighted by Crippen LogP contribution is -2.45. The third kappa shape index (κ3) is 4.03. The molecule has 6 nitrogen and oxygen atoms in total. The first-order valence-corrected chi connectivity index (χ1v) is 10.1. The molecule has 1 aliphatic rings. The fourth-order valence-corrected chi connectivity index (χ4v) is 4.60. The van der Waals surface area contributed by atoms with Crippen molar-refractivity contribution in [2.24, 2.45) is 0 Å². The van der Waals surface area contributed by atoms with Gasteiger partial charge in [-0.25, -0.2) is 21.6 Å². The Labute approximate surface area is 125 Å². The average Bonchev–Trinajstić information content (AvgIpc) is 2.38. The van der Waals surface area contributed by atoms with Crippen molar-refractivity contribution in [2.45, 2.75) is 35.6 Å². The van der Waals surface area contributed by atoms with E-state index in [9.17, 15) is 16.8 Å².